The van der Waals surface area contributed by atoms with E-state index in [4.69, 9.17) is 4.74 Å². The molecule has 2 heterocycles. The summed E-state index contributed by atoms with van der Waals surface area (Å²) in [5.41, 5.74) is 0.689. The molecule has 0 spiro atoms. The Labute approximate surface area is 129 Å². The fourth-order valence-corrected chi connectivity index (χ4v) is 2.57. The van der Waals surface area contributed by atoms with Crippen molar-refractivity contribution in [1.82, 2.24) is 19.7 Å². The van der Waals surface area contributed by atoms with Gasteiger partial charge in [0.15, 0.2) is 0 Å². The Morgan fingerprint density at radius 2 is 1.95 bits per heavy atom. The largest absolute Gasteiger partial charge is 0.491 e. The Bertz CT molecular complexity index is 626. The minimum Gasteiger partial charge on any atom is -0.491 e. The number of ether oxygens (including phenoxy) is 1. The number of rotatable bonds is 3. The first-order valence-corrected chi connectivity index (χ1v) is 7.56. The van der Waals surface area contributed by atoms with Crippen LogP contribution in [-0.2, 0) is 13.0 Å². The SMILES string of the molecule is CC(C)Oc1ccc(C(=O)N2CCc3nncn3CC2)cc1. The molecule has 0 atom stereocenters. The number of hydrogen-bond acceptors (Lipinski definition) is 4. The molecule has 1 aliphatic rings. The van der Waals surface area contributed by atoms with Gasteiger partial charge < -0.3 is 14.2 Å². The average Bonchev–Trinajstić information content (AvgIpc) is 2.85. The Kier molecular flexibility index (Phi) is 4.09. The van der Waals surface area contributed by atoms with Gasteiger partial charge in [0.1, 0.15) is 17.9 Å². The highest BCUT2D eigenvalue weighted by atomic mass is 16.5. The molecule has 1 amide bonds. The summed E-state index contributed by atoms with van der Waals surface area (Å²) in [4.78, 5) is 14.5. The molecule has 0 bridgehead atoms. The third-order valence-corrected chi connectivity index (χ3v) is 3.67. The molecule has 116 valence electrons. The predicted octanol–water partition coefficient (Wildman–Crippen LogP) is 1.76. The number of amides is 1. The number of fused-ring (bicyclic) bond motifs is 1. The summed E-state index contributed by atoms with van der Waals surface area (Å²) in [5.74, 6) is 1.78. The van der Waals surface area contributed by atoms with Crippen molar-refractivity contribution in [3.63, 3.8) is 0 Å². The lowest BCUT2D eigenvalue weighted by Gasteiger charge is -2.20. The Hall–Kier alpha value is -2.37. The maximum absolute atomic E-state index is 12.6. The summed E-state index contributed by atoms with van der Waals surface area (Å²) in [5, 5.41) is 7.98. The van der Waals surface area contributed by atoms with Crippen LogP contribution in [-0.4, -0.2) is 44.8 Å². The summed E-state index contributed by atoms with van der Waals surface area (Å²) in [6.07, 6.45) is 2.59. The van der Waals surface area contributed by atoms with E-state index in [1.807, 2.05) is 47.6 Å². The summed E-state index contributed by atoms with van der Waals surface area (Å²) in [6, 6.07) is 7.34. The predicted molar refractivity (Wildman–Crippen MR) is 81.8 cm³/mol. The van der Waals surface area contributed by atoms with Gasteiger partial charge in [0.05, 0.1) is 6.10 Å². The first-order chi connectivity index (χ1) is 10.6. The van der Waals surface area contributed by atoms with Crippen LogP contribution in [0.1, 0.15) is 30.0 Å². The molecule has 0 fully saturated rings. The second-order valence-corrected chi connectivity index (χ2v) is 5.67. The number of nitrogens with zero attached hydrogens (tertiary/aromatic N) is 4. The van der Waals surface area contributed by atoms with E-state index in [0.717, 1.165) is 24.5 Å². The molecule has 1 aliphatic heterocycles. The highest BCUT2D eigenvalue weighted by Crippen LogP contribution is 2.16. The maximum atomic E-state index is 12.6. The topological polar surface area (TPSA) is 60.2 Å². The van der Waals surface area contributed by atoms with Crippen LogP contribution in [0, 0.1) is 0 Å². The fourth-order valence-electron chi connectivity index (χ4n) is 2.57. The summed E-state index contributed by atoms with van der Waals surface area (Å²) >= 11 is 0. The van der Waals surface area contributed by atoms with Crippen LogP contribution in [0.25, 0.3) is 0 Å². The Balaban J connectivity index is 1.67. The van der Waals surface area contributed by atoms with Crippen LogP contribution >= 0.6 is 0 Å². The van der Waals surface area contributed by atoms with Crippen molar-refractivity contribution in [2.75, 3.05) is 13.1 Å². The van der Waals surface area contributed by atoms with Crippen molar-refractivity contribution in [1.29, 1.82) is 0 Å². The van der Waals surface area contributed by atoms with E-state index in [1.54, 1.807) is 6.33 Å². The molecule has 0 saturated heterocycles. The molecular weight excluding hydrogens is 280 g/mol. The molecule has 0 radical (unpaired) electrons. The van der Waals surface area contributed by atoms with Gasteiger partial charge in [0.25, 0.3) is 5.91 Å². The second kappa shape index (κ2) is 6.17. The second-order valence-electron chi connectivity index (χ2n) is 5.67. The van der Waals surface area contributed by atoms with Gasteiger partial charge in [-0.25, -0.2) is 0 Å². The number of hydrogen-bond donors (Lipinski definition) is 0. The maximum Gasteiger partial charge on any atom is 0.253 e. The lowest BCUT2D eigenvalue weighted by molar-refractivity contribution is 0.0759. The summed E-state index contributed by atoms with van der Waals surface area (Å²) in [7, 11) is 0. The summed E-state index contributed by atoms with van der Waals surface area (Å²) < 4.78 is 7.61. The Morgan fingerprint density at radius 3 is 2.68 bits per heavy atom. The molecule has 3 rings (SSSR count). The molecular formula is C16H20N4O2. The lowest BCUT2D eigenvalue weighted by atomic mass is 10.2. The zero-order valence-electron chi connectivity index (χ0n) is 12.9. The molecule has 2 aromatic rings. The molecule has 0 unspecified atom stereocenters. The minimum absolute atomic E-state index is 0.0507. The smallest absolute Gasteiger partial charge is 0.253 e. The van der Waals surface area contributed by atoms with Gasteiger partial charge in [0, 0.05) is 31.6 Å². The number of benzene rings is 1. The minimum atomic E-state index is 0.0507. The fraction of sp³-hybridized carbons (Fsp3) is 0.438. The van der Waals surface area contributed by atoms with Crippen molar-refractivity contribution in [2.45, 2.75) is 32.9 Å². The van der Waals surface area contributed by atoms with Crippen LogP contribution in [0.2, 0.25) is 0 Å². The zero-order valence-corrected chi connectivity index (χ0v) is 12.9. The molecule has 0 N–H and O–H groups in total. The van der Waals surface area contributed by atoms with Gasteiger partial charge in [-0.2, -0.15) is 0 Å². The lowest BCUT2D eigenvalue weighted by Crippen LogP contribution is -2.33. The molecule has 1 aromatic carbocycles. The van der Waals surface area contributed by atoms with Gasteiger partial charge in [0.2, 0.25) is 0 Å². The van der Waals surface area contributed by atoms with Gasteiger partial charge in [-0.15, -0.1) is 10.2 Å². The van der Waals surface area contributed by atoms with E-state index in [-0.39, 0.29) is 12.0 Å². The van der Waals surface area contributed by atoms with Gasteiger partial charge in [-0.1, -0.05) is 0 Å². The van der Waals surface area contributed by atoms with E-state index < -0.39 is 0 Å². The number of carbonyl (C=O) groups is 1. The van der Waals surface area contributed by atoms with Crippen LogP contribution in [0.4, 0.5) is 0 Å². The quantitative estimate of drug-likeness (QED) is 0.866. The zero-order chi connectivity index (χ0) is 15.5. The first-order valence-electron chi connectivity index (χ1n) is 7.56. The van der Waals surface area contributed by atoms with E-state index in [9.17, 15) is 4.79 Å². The average molecular weight is 300 g/mol. The highest BCUT2D eigenvalue weighted by molar-refractivity contribution is 5.94. The van der Waals surface area contributed by atoms with Crippen LogP contribution < -0.4 is 4.74 Å². The number of carbonyl (C=O) groups excluding carboxylic acids is 1. The van der Waals surface area contributed by atoms with Crippen molar-refractivity contribution in [3.05, 3.63) is 42.0 Å². The van der Waals surface area contributed by atoms with Crippen LogP contribution in [0.5, 0.6) is 5.75 Å². The third kappa shape index (κ3) is 3.10. The van der Waals surface area contributed by atoms with E-state index in [0.29, 0.717) is 18.7 Å². The van der Waals surface area contributed by atoms with Gasteiger partial charge >= 0.3 is 0 Å². The standard InChI is InChI=1S/C16H20N4O2/c1-12(2)22-14-5-3-13(4-6-14)16(21)19-8-7-15-18-17-11-20(15)10-9-19/h3-6,11-12H,7-10H2,1-2H3. The van der Waals surface area contributed by atoms with Crippen molar-refractivity contribution in [3.8, 4) is 5.75 Å². The molecule has 22 heavy (non-hydrogen) atoms. The molecule has 0 aliphatic carbocycles. The molecule has 0 saturated carbocycles. The van der Waals surface area contributed by atoms with Crippen LogP contribution in [0.15, 0.2) is 30.6 Å². The highest BCUT2D eigenvalue weighted by Gasteiger charge is 2.20. The molecule has 1 aromatic heterocycles. The van der Waals surface area contributed by atoms with E-state index in [2.05, 4.69) is 10.2 Å². The van der Waals surface area contributed by atoms with Crippen LogP contribution in [0.3, 0.4) is 0 Å². The number of aromatic nitrogens is 3. The van der Waals surface area contributed by atoms with Gasteiger partial charge in [-0.3, -0.25) is 4.79 Å². The monoisotopic (exact) mass is 300 g/mol. The normalized spacial score (nSPS) is 14.6. The molecule has 6 heteroatoms. The first kappa shape index (κ1) is 14.6. The van der Waals surface area contributed by atoms with Gasteiger partial charge in [-0.05, 0) is 38.1 Å². The van der Waals surface area contributed by atoms with Crippen molar-refractivity contribution >= 4 is 5.91 Å². The Morgan fingerprint density at radius 1 is 1.18 bits per heavy atom. The summed E-state index contributed by atoms with van der Waals surface area (Å²) in [6.45, 7) is 6.04. The van der Waals surface area contributed by atoms with E-state index >= 15 is 0 Å². The third-order valence-electron chi connectivity index (χ3n) is 3.67. The van der Waals surface area contributed by atoms with E-state index in [1.165, 1.54) is 0 Å². The van der Waals surface area contributed by atoms with Crippen molar-refractivity contribution < 1.29 is 9.53 Å². The van der Waals surface area contributed by atoms with Crippen molar-refractivity contribution in [2.24, 2.45) is 0 Å². The molecule has 6 nitrogen and oxygen atoms in total.